The van der Waals surface area contributed by atoms with Crippen molar-refractivity contribution >= 4 is 47.8 Å². The molecule has 0 unspecified atom stereocenters. The van der Waals surface area contributed by atoms with Crippen LogP contribution in [-0.4, -0.2) is 12.2 Å². The molecule has 0 saturated carbocycles. The van der Waals surface area contributed by atoms with Crippen LogP contribution in [0, 0.1) is 0 Å². The Morgan fingerprint density at radius 3 is 2.05 bits per heavy atom. The van der Waals surface area contributed by atoms with Crippen LogP contribution in [0.25, 0.3) is 0 Å². The predicted octanol–water partition coefficient (Wildman–Crippen LogP) is 6.13. The number of benzene rings is 2. The van der Waals surface area contributed by atoms with E-state index in [0.29, 0.717) is 0 Å². The molecule has 0 N–H and O–H groups in total. The molecule has 0 heterocycles. The molecule has 114 valence electrons. The molecule has 0 bridgehead atoms. The normalized spacial score (nSPS) is 20.1. The van der Waals surface area contributed by atoms with Crippen LogP contribution < -0.4 is 9.47 Å². The van der Waals surface area contributed by atoms with Crippen molar-refractivity contribution in [3.8, 4) is 11.5 Å². The molecule has 1 aliphatic carbocycles. The number of para-hydroxylation sites is 1. The molecular weight excluding hydrogens is 476 g/mol. The molecule has 2 nitrogen and oxygen atoms in total. The van der Waals surface area contributed by atoms with Gasteiger partial charge in [-0.05, 0) is 68.3 Å². The van der Waals surface area contributed by atoms with Crippen LogP contribution in [0.2, 0.25) is 0 Å². The zero-order chi connectivity index (χ0) is 15.5. The van der Waals surface area contributed by atoms with E-state index in [4.69, 9.17) is 9.47 Å². The smallest absolute Gasteiger partial charge is 0.148 e. The van der Waals surface area contributed by atoms with E-state index in [9.17, 15) is 0 Å². The lowest BCUT2D eigenvalue weighted by atomic mass is 10.2. The van der Waals surface area contributed by atoms with Crippen LogP contribution in [0.1, 0.15) is 6.42 Å². The molecular formula is C17H13Br3O2. The molecule has 2 aromatic carbocycles. The second-order valence-electron chi connectivity index (χ2n) is 4.94. The quantitative estimate of drug-likeness (QED) is 0.482. The van der Waals surface area contributed by atoms with Gasteiger partial charge in [-0.2, -0.15) is 0 Å². The Morgan fingerprint density at radius 1 is 0.818 bits per heavy atom. The molecule has 22 heavy (non-hydrogen) atoms. The monoisotopic (exact) mass is 486 g/mol. The van der Waals surface area contributed by atoms with Gasteiger partial charge in [0.25, 0.3) is 0 Å². The van der Waals surface area contributed by atoms with Crippen LogP contribution in [0.4, 0.5) is 0 Å². The van der Waals surface area contributed by atoms with Gasteiger partial charge in [0, 0.05) is 10.9 Å². The Morgan fingerprint density at radius 2 is 1.41 bits per heavy atom. The van der Waals surface area contributed by atoms with Crippen LogP contribution in [-0.2, 0) is 0 Å². The molecule has 3 rings (SSSR count). The highest BCUT2D eigenvalue weighted by Gasteiger charge is 2.23. The fourth-order valence-corrected chi connectivity index (χ4v) is 4.72. The number of ether oxygens (including phenoxy) is 2. The number of halogens is 3. The van der Waals surface area contributed by atoms with Gasteiger partial charge >= 0.3 is 0 Å². The van der Waals surface area contributed by atoms with Crippen LogP contribution >= 0.6 is 47.8 Å². The van der Waals surface area contributed by atoms with Crippen LogP contribution in [0.15, 0.2) is 68.0 Å². The summed E-state index contributed by atoms with van der Waals surface area (Å²) in [4.78, 5) is 0. The maximum Gasteiger partial charge on any atom is 0.148 e. The van der Waals surface area contributed by atoms with Gasteiger partial charge in [0.15, 0.2) is 0 Å². The van der Waals surface area contributed by atoms with Crippen LogP contribution in [0.5, 0.6) is 11.5 Å². The van der Waals surface area contributed by atoms with E-state index in [1.165, 1.54) is 0 Å². The molecule has 0 saturated heterocycles. The number of rotatable bonds is 4. The Hall–Kier alpha value is -0.780. The summed E-state index contributed by atoms with van der Waals surface area (Å²) in [7, 11) is 0. The summed E-state index contributed by atoms with van der Waals surface area (Å²) < 4.78 is 14.8. The van der Waals surface area contributed by atoms with Gasteiger partial charge in [0.05, 0.1) is 8.95 Å². The summed E-state index contributed by atoms with van der Waals surface area (Å²) in [6.45, 7) is 0. The molecule has 0 aliphatic heterocycles. The minimum absolute atomic E-state index is 0.00230. The maximum absolute atomic E-state index is 6.08. The van der Waals surface area contributed by atoms with Gasteiger partial charge in [-0.15, -0.1) is 0 Å². The number of hydrogen-bond donors (Lipinski definition) is 0. The summed E-state index contributed by atoms with van der Waals surface area (Å²) in [5.74, 6) is 1.68. The minimum atomic E-state index is 0.00230. The van der Waals surface area contributed by atoms with E-state index < -0.39 is 0 Å². The topological polar surface area (TPSA) is 18.5 Å². The summed E-state index contributed by atoms with van der Waals surface area (Å²) in [6.07, 6.45) is 4.94. The zero-order valence-electron chi connectivity index (χ0n) is 11.5. The third-order valence-electron chi connectivity index (χ3n) is 3.27. The van der Waals surface area contributed by atoms with Gasteiger partial charge in [-0.1, -0.05) is 34.1 Å². The molecule has 0 amide bonds. The molecule has 2 atom stereocenters. The summed E-state index contributed by atoms with van der Waals surface area (Å²) in [5, 5.41) is 0. The third kappa shape index (κ3) is 3.94. The predicted molar refractivity (Wildman–Crippen MR) is 98.6 cm³/mol. The van der Waals surface area contributed by atoms with Crippen molar-refractivity contribution in [1.29, 1.82) is 0 Å². The zero-order valence-corrected chi connectivity index (χ0v) is 16.3. The summed E-state index contributed by atoms with van der Waals surface area (Å²) >= 11 is 10.5. The molecule has 0 radical (unpaired) electrons. The Bertz CT molecular complexity index is 663. The van der Waals surface area contributed by atoms with Crippen molar-refractivity contribution in [2.75, 3.05) is 0 Å². The SMILES string of the molecule is Brc1cc(Br)c(O[C@@H]2C=C[C@H](Oc3ccccc3)C2)c(Br)c1. The van der Waals surface area contributed by atoms with E-state index in [-0.39, 0.29) is 12.2 Å². The maximum atomic E-state index is 6.08. The Balaban J connectivity index is 1.64. The lowest BCUT2D eigenvalue weighted by molar-refractivity contribution is 0.179. The third-order valence-corrected chi connectivity index (χ3v) is 4.90. The van der Waals surface area contributed by atoms with Crippen molar-refractivity contribution < 1.29 is 9.47 Å². The first kappa shape index (κ1) is 16.1. The molecule has 0 spiro atoms. The average Bonchev–Trinajstić information content (AvgIpc) is 2.91. The standard InChI is InChI=1S/C17H13Br3O2/c18-11-8-15(19)17(16(20)9-11)22-14-7-6-13(10-14)21-12-4-2-1-3-5-12/h1-9,13-14H,10H2/t13-,14+/m0/s1. The molecule has 5 heteroatoms. The summed E-state index contributed by atoms with van der Waals surface area (Å²) in [6, 6.07) is 13.8. The van der Waals surface area contributed by atoms with Crippen LogP contribution in [0.3, 0.4) is 0 Å². The van der Waals surface area contributed by atoms with E-state index in [2.05, 4.69) is 59.9 Å². The van der Waals surface area contributed by atoms with Gasteiger partial charge < -0.3 is 9.47 Å². The van der Waals surface area contributed by atoms with Gasteiger partial charge in [0.2, 0.25) is 0 Å². The fourth-order valence-electron chi connectivity index (χ4n) is 2.28. The van der Waals surface area contributed by atoms with Gasteiger partial charge in [0.1, 0.15) is 23.7 Å². The van der Waals surface area contributed by atoms with E-state index >= 15 is 0 Å². The highest BCUT2D eigenvalue weighted by Crippen LogP contribution is 2.38. The first-order chi connectivity index (χ1) is 10.6. The van der Waals surface area contributed by atoms with Crippen molar-refractivity contribution in [2.45, 2.75) is 18.6 Å². The lowest BCUT2D eigenvalue weighted by Gasteiger charge is -2.18. The van der Waals surface area contributed by atoms with Crippen molar-refractivity contribution in [3.05, 3.63) is 68.0 Å². The Labute approximate surface area is 154 Å². The highest BCUT2D eigenvalue weighted by molar-refractivity contribution is 9.11. The number of hydrogen-bond acceptors (Lipinski definition) is 2. The van der Waals surface area contributed by atoms with Gasteiger partial charge in [-0.3, -0.25) is 0 Å². The summed E-state index contributed by atoms with van der Waals surface area (Å²) in [5.41, 5.74) is 0. The largest absolute Gasteiger partial charge is 0.486 e. The molecule has 0 fully saturated rings. The van der Waals surface area contributed by atoms with E-state index in [0.717, 1.165) is 31.3 Å². The molecule has 2 aromatic rings. The Kier molecular flexibility index (Phi) is 5.26. The van der Waals surface area contributed by atoms with Crippen molar-refractivity contribution in [2.24, 2.45) is 0 Å². The molecule has 0 aromatic heterocycles. The first-order valence-corrected chi connectivity index (χ1v) is 9.21. The lowest BCUT2D eigenvalue weighted by Crippen LogP contribution is -2.18. The fraction of sp³-hybridized carbons (Fsp3) is 0.176. The first-order valence-electron chi connectivity index (χ1n) is 6.83. The molecule has 1 aliphatic rings. The van der Waals surface area contributed by atoms with Gasteiger partial charge in [-0.25, -0.2) is 0 Å². The minimum Gasteiger partial charge on any atom is -0.486 e. The van der Waals surface area contributed by atoms with Crippen molar-refractivity contribution in [1.82, 2.24) is 0 Å². The van der Waals surface area contributed by atoms with E-state index in [1.807, 2.05) is 42.5 Å². The highest BCUT2D eigenvalue weighted by atomic mass is 79.9. The van der Waals surface area contributed by atoms with E-state index in [1.54, 1.807) is 0 Å². The average molecular weight is 489 g/mol. The van der Waals surface area contributed by atoms with Crippen molar-refractivity contribution in [3.63, 3.8) is 0 Å². The second kappa shape index (κ2) is 7.20. The second-order valence-corrected chi connectivity index (χ2v) is 7.57.